The molecule has 0 radical (unpaired) electrons. The van der Waals surface area contributed by atoms with Gasteiger partial charge in [-0.1, -0.05) is 41.5 Å². The van der Waals surface area contributed by atoms with Crippen LogP contribution in [0.4, 0.5) is 0 Å². The Labute approximate surface area is 87.7 Å². The highest BCUT2D eigenvalue weighted by molar-refractivity contribution is 6.14. The Balaban J connectivity index is -0.000000174. The van der Waals surface area contributed by atoms with Crippen LogP contribution >= 0.6 is 0 Å². The predicted molar refractivity (Wildman–Crippen MR) is 62.3 cm³/mol. The molecule has 2 nitrogen and oxygen atoms in total. The number of carbonyl (C=O) groups excluding carboxylic acids is 2. The van der Waals surface area contributed by atoms with Gasteiger partial charge in [-0.05, 0) is 24.3 Å². The molecule has 1 rings (SSSR count). The first-order chi connectivity index (χ1) is 6.79. The van der Waals surface area contributed by atoms with E-state index in [1.54, 1.807) is 0 Å². The van der Waals surface area contributed by atoms with Gasteiger partial charge in [0, 0.05) is 0 Å². The lowest BCUT2D eigenvalue weighted by molar-refractivity contribution is -0.113. The molecular weight excluding hydrogens is 176 g/mol. The van der Waals surface area contributed by atoms with Gasteiger partial charge in [-0.25, -0.2) is 0 Å². The second kappa shape index (κ2) is 17.8. The van der Waals surface area contributed by atoms with E-state index in [4.69, 9.17) is 0 Å². The fourth-order valence-electron chi connectivity index (χ4n) is 0.440. The number of hydrogen-bond donors (Lipinski definition) is 0. The Morgan fingerprint density at radius 3 is 0.857 bits per heavy atom. The van der Waals surface area contributed by atoms with Gasteiger partial charge in [0.15, 0.2) is 11.6 Å². The van der Waals surface area contributed by atoms with Crippen LogP contribution in [0, 0.1) is 0 Å². The third-order valence-electron chi connectivity index (χ3n) is 0.824. The summed E-state index contributed by atoms with van der Waals surface area (Å²) in [5.41, 5.74) is 0. The molecule has 0 aliphatic heterocycles. The lowest BCUT2D eigenvalue weighted by Gasteiger charge is -1.87. The molecule has 0 unspecified atom stereocenters. The van der Waals surface area contributed by atoms with Crippen molar-refractivity contribution in [1.29, 1.82) is 0 Å². The van der Waals surface area contributed by atoms with E-state index in [1.807, 2.05) is 41.5 Å². The topological polar surface area (TPSA) is 34.1 Å². The lowest BCUT2D eigenvalue weighted by atomic mass is 10.2. The Morgan fingerprint density at radius 2 is 0.714 bits per heavy atom. The minimum atomic E-state index is -0.121. The monoisotopic (exact) mass is 198 g/mol. The van der Waals surface area contributed by atoms with Crippen molar-refractivity contribution in [3.63, 3.8) is 0 Å². The van der Waals surface area contributed by atoms with Crippen LogP contribution in [0.5, 0.6) is 0 Å². The summed E-state index contributed by atoms with van der Waals surface area (Å²) in [5.74, 6) is -0.241. The van der Waals surface area contributed by atoms with Gasteiger partial charge in [-0.2, -0.15) is 0 Å². The first-order valence-electron chi connectivity index (χ1n) is 5.23. The van der Waals surface area contributed by atoms with Gasteiger partial charge in [0.1, 0.15) is 0 Å². The molecule has 0 amide bonds. The lowest BCUT2D eigenvalue weighted by Crippen LogP contribution is -1.97. The number of hydrogen-bond acceptors (Lipinski definition) is 2. The van der Waals surface area contributed by atoms with Crippen molar-refractivity contribution in [2.75, 3.05) is 0 Å². The van der Waals surface area contributed by atoms with E-state index in [0.717, 1.165) is 0 Å². The summed E-state index contributed by atoms with van der Waals surface area (Å²) >= 11 is 0. The molecule has 0 N–H and O–H groups in total. The summed E-state index contributed by atoms with van der Waals surface area (Å²) in [6, 6.07) is 0. The van der Waals surface area contributed by atoms with Crippen LogP contribution in [-0.4, -0.2) is 11.6 Å². The maximum Gasteiger partial charge on any atom is 0.178 e. The normalized spacial score (nSPS) is 11.3. The zero-order valence-corrected chi connectivity index (χ0v) is 10.1. The number of ketones is 2. The van der Waals surface area contributed by atoms with Crippen LogP contribution in [0.25, 0.3) is 0 Å². The van der Waals surface area contributed by atoms with Gasteiger partial charge in [0.25, 0.3) is 0 Å². The molecule has 0 saturated carbocycles. The van der Waals surface area contributed by atoms with Gasteiger partial charge in [-0.3, -0.25) is 9.59 Å². The van der Waals surface area contributed by atoms with E-state index in [0.29, 0.717) is 0 Å². The Bertz CT molecular complexity index is 150. The van der Waals surface area contributed by atoms with Crippen LogP contribution in [0.15, 0.2) is 24.3 Å². The van der Waals surface area contributed by atoms with E-state index < -0.39 is 0 Å². The average molecular weight is 198 g/mol. The van der Waals surface area contributed by atoms with E-state index in [1.165, 1.54) is 24.3 Å². The summed E-state index contributed by atoms with van der Waals surface area (Å²) in [7, 11) is 0. The molecular formula is C12H22O2. The summed E-state index contributed by atoms with van der Waals surface area (Å²) in [5, 5.41) is 0. The molecule has 0 aromatic rings. The molecule has 14 heavy (non-hydrogen) atoms. The van der Waals surface area contributed by atoms with Crippen molar-refractivity contribution in [3.8, 4) is 0 Å². The molecule has 0 heterocycles. The van der Waals surface area contributed by atoms with Gasteiger partial charge in [0.2, 0.25) is 0 Å². The smallest absolute Gasteiger partial charge is 0.178 e. The highest BCUT2D eigenvalue weighted by atomic mass is 16.1. The SMILES string of the molecule is CC.CC.CC.O=C1C=CC(=O)C=C1. The van der Waals surface area contributed by atoms with Crippen LogP contribution in [0.3, 0.4) is 0 Å². The first-order valence-corrected chi connectivity index (χ1v) is 5.23. The Kier molecular flexibility index (Phi) is 23.6. The molecule has 0 aromatic heterocycles. The third-order valence-corrected chi connectivity index (χ3v) is 0.824. The summed E-state index contributed by atoms with van der Waals surface area (Å²) in [6.07, 6.45) is 5.01. The molecule has 82 valence electrons. The third kappa shape index (κ3) is 13.4. The first kappa shape index (κ1) is 18.6. The molecule has 0 bridgehead atoms. The zero-order valence-electron chi connectivity index (χ0n) is 10.1. The van der Waals surface area contributed by atoms with Gasteiger partial charge >= 0.3 is 0 Å². The molecule has 1 aliphatic carbocycles. The highest BCUT2D eigenvalue weighted by Crippen LogP contribution is 1.90. The Hall–Kier alpha value is -1.18. The summed E-state index contributed by atoms with van der Waals surface area (Å²) in [4.78, 5) is 20.6. The standard InChI is InChI=1S/C6H4O2.3C2H6/c7-5-1-2-6(8)4-3-5;3*1-2/h1-4H;3*1-2H3. The second-order valence-electron chi connectivity index (χ2n) is 1.47. The minimum Gasteiger partial charge on any atom is -0.290 e. The van der Waals surface area contributed by atoms with Crippen LogP contribution < -0.4 is 0 Å². The quantitative estimate of drug-likeness (QED) is 0.559. The fourth-order valence-corrected chi connectivity index (χ4v) is 0.440. The molecule has 0 atom stereocenters. The molecule has 2 heteroatoms. The fraction of sp³-hybridized carbons (Fsp3) is 0.500. The zero-order chi connectivity index (χ0) is 12.0. The summed E-state index contributed by atoms with van der Waals surface area (Å²) in [6.45, 7) is 12.0. The molecule has 0 saturated heterocycles. The highest BCUT2D eigenvalue weighted by Gasteiger charge is 1.97. The number of carbonyl (C=O) groups is 2. The second-order valence-corrected chi connectivity index (χ2v) is 1.47. The van der Waals surface area contributed by atoms with Gasteiger partial charge in [0.05, 0.1) is 0 Å². The average Bonchev–Trinajstić information content (AvgIpc) is 2.31. The predicted octanol–water partition coefficient (Wildman–Crippen LogP) is 3.33. The minimum absolute atomic E-state index is 0.121. The number of allylic oxidation sites excluding steroid dienone is 4. The van der Waals surface area contributed by atoms with E-state index >= 15 is 0 Å². The largest absolute Gasteiger partial charge is 0.290 e. The van der Waals surface area contributed by atoms with Crippen molar-refractivity contribution in [3.05, 3.63) is 24.3 Å². The van der Waals surface area contributed by atoms with Crippen molar-refractivity contribution in [2.45, 2.75) is 41.5 Å². The molecule has 0 aromatic carbocycles. The Morgan fingerprint density at radius 1 is 0.571 bits per heavy atom. The van der Waals surface area contributed by atoms with Gasteiger partial charge < -0.3 is 0 Å². The van der Waals surface area contributed by atoms with Crippen LogP contribution in [0.1, 0.15) is 41.5 Å². The van der Waals surface area contributed by atoms with Crippen LogP contribution in [0.2, 0.25) is 0 Å². The van der Waals surface area contributed by atoms with Crippen molar-refractivity contribution < 1.29 is 9.59 Å². The van der Waals surface area contributed by atoms with Crippen molar-refractivity contribution >= 4 is 11.6 Å². The van der Waals surface area contributed by atoms with Crippen LogP contribution in [-0.2, 0) is 9.59 Å². The maximum atomic E-state index is 10.3. The molecule has 1 aliphatic rings. The van der Waals surface area contributed by atoms with Crippen molar-refractivity contribution in [1.82, 2.24) is 0 Å². The van der Waals surface area contributed by atoms with E-state index in [-0.39, 0.29) is 11.6 Å². The molecule has 0 spiro atoms. The maximum absolute atomic E-state index is 10.3. The van der Waals surface area contributed by atoms with E-state index in [9.17, 15) is 9.59 Å². The van der Waals surface area contributed by atoms with Gasteiger partial charge in [-0.15, -0.1) is 0 Å². The number of rotatable bonds is 0. The summed E-state index contributed by atoms with van der Waals surface area (Å²) < 4.78 is 0. The molecule has 0 fully saturated rings. The van der Waals surface area contributed by atoms with Crippen molar-refractivity contribution in [2.24, 2.45) is 0 Å². The van der Waals surface area contributed by atoms with E-state index in [2.05, 4.69) is 0 Å².